The molecule has 3 nitrogen and oxygen atoms in total. The molecule has 1 aromatic rings. The zero-order valence-electron chi connectivity index (χ0n) is 12.6. The fraction of sp³-hybridized carbons (Fsp3) is 0.647. The van der Waals surface area contributed by atoms with Crippen molar-refractivity contribution in [2.75, 3.05) is 23.9 Å². The minimum Gasteiger partial charge on any atom is -0.494 e. The number of rotatable bonds is 1. The average molecular weight is 290 g/mol. The van der Waals surface area contributed by atoms with Gasteiger partial charge in [0.25, 0.3) is 0 Å². The van der Waals surface area contributed by atoms with E-state index in [-0.39, 0.29) is 5.82 Å². The Morgan fingerprint density at radius 2 is 2.05 bits per heavy atom. The van der Waals surface area contributed by atoms with Crippen molar-refractivity contribution in [2.24, 2.45) is 5.92 Å². The number of methoxy groups -OCH3 is 1. The van der Waals surface area contributed by atoms with Crippen LogP contribution in [0, 0.1) is 11.7 Å². The highest BCUT2D eigenvalue weighted by Gasteiger charge is 2.41. The van der Waals surface area contributed by atoms with Crippen molar-refractivity contribution in [1.82, 2.24) is 0 Å². The van der Waals surface area contributed by atoms with Crippen molar-refractivity contribution in [1.29, 1.82) is 0 Å². The molecule has 3 unspecified atom stereocenters. The van der Waals surface area contributed by atoms with E-state index in [1.807, 2.05) is 6.07 Å². The van der Waals surface area contributed by atoms with E-state index in [4.69, 9.17) is 4.74 Å². The van der Waals surface area contributed by atoms with Crippen LogP contribution < -0.4 is 15.0 Å². The van der Waals surface area contributed by atoms with Crippen LogP contribution in [0.3, 0.4) is 0 Å². The van der Waals surface area contributed by atoms with Gasteiger partial charge in [-0.1, -0.05) is 12.8 Å². The number of halogens is 1. The van der Waals surface area contributed by atoms with Gasteiger partial charge in [0.1, 0.15) is 0 Å². The van der Waals surface area contributed by atoms with E-state index in [9.17, 15) is 4.39 Å². The number of anilines is 2. The number of nitrogens with one attached hydrogen (secondary N) is 1. The van der Waals surface area contributed by atoms with Gasteiger partial charge in [0, 0.05) is 30.8 Å². The van der Waals surface area contributed by atoms with Crippen LogP contribution in [0.5, 0.6) is 5.75 Å². The summed E-state index contributed by atoms with van der Waals surface area (Å²) in [5, 5.41) is 3.41. The molecule has 0 aromatic heterocycles. The summed E-state index contributed by atoms with van der Waals surface area (Å²) < 4.78 is 19.1. The fourth-order valence-electron chi connectivity index (χ4n) is 4.57. The van der Waals surface area contributed by atoms with Crippen LogP contribution in [0.2, 0.25) is 0 Å². The molecule has 4 rings (SSSR count). The second-order valence-electron chi connectivity index (χ2n) is 6.64. The molecule has 2 heterocycles. The summed E-state index contributed by atoms with van der Waals surface area (Å²) in [5.41, 5.74) is 2.07. The molecule has 1 aromatic carbocycles. The predicted molar refractivity (Wildman–Crippen MR) is 82.7 cm³/mol. The fourth-order valence-corrected chi connectivity index (χ4v) is 4.57. The molecule has 3 atom stereocenters. The molecule has 2 fully saturated rings. The molecule has 2 aliphatic heterocycles. The van der Waals surface area contributed by atoms with Gasteiger partial charge in [0.15, 0.2) is 11.6 Å². The Hall–Kier alpha value is -1.45. The molecule has 0 amide bonds. The average Bonchev–Trinajstić information content (AvgIpc) is 2.53. The quantitative estimate of drug-likeness (QED) is 0.851. The molecule has 1 saturated heterocycles. The molecule has 0 bridgehead atoms. The largest absolute Gasteiger partial charge is 0.494 e. The molecular weight excluding hydrogens is 267 g/mol. The lowest BCUT2D eigenvalue weighted by molar-refractivity contribution is 0.215. The smallest absolute Gasteiger partial charge is 0.167 e. The SMILES string of the molecule is COc1cc2c(cc1F)NCC1CCC3CCCCC3N21. The van der Waals surface area contributed by atoms with E-state index >= 15 is 0 Å². The van der Waals surface area contributed by atoms with Gasteiger partial charge in [0.05, 0.1) is 18.5 Å². The first-order valence-electron chi connectivity index (χ1n) is 8.17. The van der Waals surface area contributed by atoms with Crippen molar-refractivity contribution in [3.63, 3.8) is 0 Å². The van der Waals surface area contributed by atoms with Crippen molar-refractivity contribution >= 4 is 11.4 Å². The zero-order chi connectivity index (χ0) is 14.4. The van der Waals surface area contributed by atoms with Crippen LogP contribution in [0.15, 0.2) is 12.1 Å². The molecule has 1 aliphatic carbocycles. The van der Waals surface area contributed by atoms with Gasteiger partial charge in [-0.2, -0.15) is 0 Å². The number of hydrogen-bond acceptors (Lipinski definition) is 3. The van der Waals surface area contributed by atoms with Crippen LogP contribution >= 0.6 is 0 Å². The van der Waals surface area contributed by atoms with Gasteiger partial charge in [-0.25, -0.2) is 4.39 Å². The van der Waals surface area contributed by atoms with Crippen LogP contribution in [0.25, 0.3) is 0 Å². The minimum absolute atomic E-state index is 0.278. The van der Waals surface area contributed by atoms with E-state index < -0.39 is 0 Å². The normalized spacial score (nSPS) is 30.8. The molecule has 114 valence electrons. The predicted octanol–water partition coefficient (Wildman–Crippen LogP) is 3.79. The van der Waals surface area contributed by atoms with Gasteiger partial charge in [-0.05, 0) is 31.6 Å². The third kappa shape index (κ3) is 2.07. The molecular formula is C17H23FN2O. The van der Waals surface area contributed by atoms with Crippen molar-refractivity contribution in [2.45, 2.75) is 50.6 Å². The number of ether oxygens (including phenoxy) is 1. The van der Waals surface area contributed by atoms with Gasteiger partial charge in [0.2, 0.25) is 0 Å². The lowest BCUT2D eigenvalue weighted by atomic mass is 9.75. The van der Waals surface area contributed by atoms with Crippen LogP contribution in [0.4, 0.5) is 15.8 Å². The second kappa shape index (κ2) is 5.08. The Balaban J connectivity index is 1.76. The maximum Gasteiger partial charge on any atom is 0.167 e. The maximum absolute atomic E-state index is 14.0. The summed E-state index contributed by atoms with van der Waals surface area (Å²) in [5.74, 6) is 0.894. The van der Waals surface area contributed by atoms with Gasteiger partial charge in [-0.3, -0.25) is 0 Å². The highest BCUT2D eigenvalue weighted by Crippen LogP contribution is 2.46. The van der Waals surface area contributed by atoms with E-state index in [0.29, 0.717) is 17.8 Å². The number of fused-ring (bicyclic) bond motifs is 5. The Morgan fingerprint density at radius 3 is 2.90 bits per heavy atom. The van der Waals surface area contributed by atoms with Crippen molar-refractivity contribution in [3.05, 3.63) is 17.9 Å². The Kier molecular flexibility index (Phi) is 3.20. The highest BCUT2D eigenvalue weighted by molar-refractivity contribution is 5.75. The topological polar surface area (TPSA) is 24.5 Å². The lowest BCUT2D eigenvalue weighted by Crippen LogP contribution is -2.56. The Labute approximate surface area is 125 Å². The molecule has 0 spiro atoms. The lowest BCUT2D eigenvalue weighted by Gasteiger charge is -2.52. The Morgan fingerprint density at radius 1 is 1.19 bits per heavy atom. The standard InChI is InChI=1S/C17H23FN2O/c1-21-17-9-16-14(8-13(17)18)19-10-12-7-6-11-4-2-3-5-15(11)20(12)16/h8-9,11-12,15,19H,2-7,10H2,1H3. The third-order valence-electron chi connectivity index (χ3n) is 5.57. The second-order valence-corrected chi connectivity index (χ2v) is 6.64. The highest BCUT2D eigenvalue weighted by atomic mass is 19.1. The molecule has 21 heavy (non-hydrogen) atoms. The number of benzene rings is 1. The number of nitrogens with zero attached hydrogens (tertiary/aromatic N) is 1. The monoisotopic (exact) mass is 290 g/mol. The first-order valence-corrected chi connectivity index (χ1v) is 8.17. The van der Waals surface area contributed by atoms with E-state index in [1.165, 1.54) is 45.6 Å². The first kappa shape index (κ1) is 13.2. The van der Waals surface area contributed by atoms with Crippen LogP contribution in [0.1, 0.15) is 38.5 Å². The zero-order valence-corrected chi connectivity index (χ0v) is 12.6. The van der Waals surface area contributed by atoms with Crippen molar-refractivity contribution in [3.8, 4) is 5.75 Å². The summed E-state index contributed by atoms with van der Waals surface area (Å²) in [6.45, 7) is 0.933. The van der Waals surface area contributed by atoms with E-state index in [2.05, 4.69) is 10.2 Å². The number of hydrogen-bond donors (Lipinski definition) is 1. The summed E-state index contributed by atoms with van der Waals surface area (Å²) in [4.78, 5) is 2.58. The van der Waals surface area contributed by atoms with Gasteiger partial charge in [-0.15, -0.1) is 0 Å². The van der Waals surface area contributed by atoms with E-state index in [1.54, 1.807) is 6.07 Å². The van der Waals surface area contributed by atoms with Gasteiger partial charge >= 0.3 is 0 Å². The summed E-state index contributed by atoms with van der Waals surface area (Å²) in [7, 11) is 1.54. The molecule has 4 heteroatoms. The van der Waals surface area contributed by atoms with E-state index in [0.717, 1.165) is 23.8 Å². The van der Waals surface area contributed by atoms with Gasteiger partial charge < -0.3 is 15.0 Å². The third-order valence-corrected chi connectivity index (χ3v) is 5.57. The van der Waals surface area contributed by atoms with Crippen LogP contribution in [-0.4, -0.2) is 25.7 Å². The first-order chi connectivity index (χ1) is 10.3. The Bertz CT molecular complexity index is 548. The number of piperidine rings is 1. The maximum atomic E-state index is 14.0. The summed E-state index contributed by atoms with van der Waals surface area (Å²) >= 11 is 0. The van der Waals surface area contributed by atoms with Crippen molar-refractivity contribution < 1.29 is 9.13 Å². The molecule has 0 radical (unpaired) electrons. The van der Waals surface area contributed by atoms with Crippen LogP contribution in [-0.2, 0) is 0 Å². The molecule has 1 saturated carbocycles. The summed E-state index contributed by atoms with van der Waals surface area (Å²) in [6, 6.07) is 4.66. The minimum atomic E-state index is -0.278. The summed E-state index contributed by atoms with van der Waals surface area (Å²) in [6.07, 6.45) is 7.92. The molecule has 3 aliphatic rings. The molecule has 1 N–H and O–H groups in total.